The SMILES string of the molecule is CO[Si]1(OC)CCCN1CCN=Cc1ccccc1. The van der Waals surface area contributed by atoms with E-state index in [1.54, 1.807) is 14.2 Å². The van der Waals surface area contributed by atoms with Crippen molar-refractivity contribution >= 4 is 14.9 Å². The van der Waals surface area contributed by atoms with Crippen LogP contribution >= 0.6 is 0 Å². The van der Waals surface area contributed by atoms with E-state index in [1.165, 1.54) is 0 Å². The van der Waals surface area contributed by atoms with E-state index >= 15 is 0 Å². The molecule has 4 nitrogen and oxygen atoms in total. The lowest BCUT2D eigenvalue weighted by atomic mass is 10.2. The van der Waals surface area contributed by atoms with Crippen molar-refractivity contribution in [1.29, 1.82) is 0 Å². The molecule has 1 aromatic rings. The van der Waals surface area contributed by atoms with Gasteiger partial charge in [-0.3, -0.25) is 9.56 Å². The van der Waals surface area contributed by atoms with Crippen LogP contribution in [-0.4, -0.2) is 53.4 Å². The molecule has 0 aliphatic carbocycles. The second-order valence-corrected chi connectivity index (χ2v) is 8.03. The zero-order valence-corrected chi connectivity index (χ0v) is 12.7. The smallest absolute Gasteiger partial charge is 0.386 e. The second-order valence-electron chi connectivity index (χ2n) is 4.66. The van der Waals surface area contributed by atoms with Gasteiger partial charge in [0.25, 0.3) is 0 Å². The maximum Gasteiger partial charge on any atom is 0.427 e. The second kappa shape index (κ2) is 6.95. The molecule has 2 rings (SSSR count). The van der Waals surface area contributed by atoms with Gasteiger partial charge in [-0.2, -0.15) is 0 Å². The van der Waals surface area contributed by atoms with E-state index in [-0.39, 0.29) is 0 Å². The lowest BCUT2D eigenvalue weighted by Crippen LogP contribution is -2.53. The van der Waals surface area contributed by atoms with Crippen LogP contribution in [0.5, 0.6) is 0 Å². The predicted molar refractivity (Wildman–Crippen MR) is 79.7 cm³/mol. The third-order valence-corrected chi connectivity index (χ3v) is 7.25. The zero-order chi connectivity index (χ0) is 13.6. The van der Waals surface area contributed by atoms with Crippen LogP contribution in [0, 0.1) is 0 Å². The molecule has 1 aliphatic heterocycles. The highest BCUT2D eigenvalue weighted by atomic mass is 28.4. The molecule has 0 amide bonds. The van der Waals surface area contributed by atoms with Crippen molar-refractivity contribution in [2.75, 3.05) is 33.9 Å². The molecule has 0 aromatic heterocycles. The molecular formula is C14H22N2O2Si. The monoisotopic (exact) mass is 278 g/mol. The van der Waals surface area contributed by atoms with Gasteiger partial charge in [0.05, 0.1) is 6.54 Å². The first-order valence-corrected chi connectivity index (χ1v) is 8.68. The van der Waals surface area contributed by atoms with Crippen molar-refractivity contribution in [1.82, 2.24) is 4.57 Å². The summed E-state index contributed by atoms with van der Waals surface area (Å²) in [6.07, 6.45) is 3.09. The number of aliphatic imine (C=N–C) groups is 1. The van der Waals surface area contributed by atoms with E-state index < -0.39 is 8.72 Å². The molecule has 0 unspecified atom stereocenters. The van der Waals surface area contributed by atoms with E-state index in [0.29, 0.717) is 0 Å². The summed E-state index contributed by atoms with van der Waals surface area (Å²) in [4.78, 5) is 4.48. The molecule has 1 fully saturated rings. The minimum atomic E-state index is -2.08. The van der Waals surface area contributed by atoms with E-state index in [1.807, 2.05) is 24.4 Å². The number of hydrogen-bond acceptors (Lipinski definition) is 4. The van der Waals surface area contributed by atoms with Gasteiger partial charge in [0.15, 0.2) is 0 Å². The van der Waals surface area contributed by atoms with Crippen molar-refractivity contribution < 1.29 is 8.85 Å². The van der Waals surface area contributed by atoms with Crippen LogP contribution in [0.4, 0.5) is 0 Å². The van der Waals surface area contributed by atoms with Crippen LogP contribution in [0.15, 0.2) is 35.3 Å². The Hall–Kier alpha value is -1.01. The summed E-state index contributed by atoms with van der Waals surface area (Å²) in [6, 6.07) is 11.2. The van der Waals surface area contributed by atoms with Gasteiger partial charge in [-0.05, 0) is 18.5 Å². The van der Waals surface area contributed by atoms with Crippen molar-refractivity contribution in [3.05, 3.63) is 35.9 Å². The van der Waals surface area contributed by atoms with Gasteiger partial charge in [0, 0.05) is 33.0 Å². The summed E-state index contributed by atoms with van der Waals surface area (Å²) < 4.78 is 13.7. The van der Waals surface area contributed by atoms with Gasteiger partial charge < -0.3 is 8.85 Å². The van der Waals surface area contributed by atoms with Crippen molar-refractivity contribution in [2.24, 2.45) is 4.99 Å². The summed E-state index contributed by atoms with van der Waals surface area (Å²) in [6.45, 7) is 2.77. The van der Waals surface area contributed by atoms with Gasteiger partial charge in [-0.15, -0.1) is 0 Å². The molecule has 1 saturated heterocycles. The van der Waals surface area contributed by atoms with Gasteiger partial charge >= 0.3 is 8.72 Å². The summed E-state index contributed by atoms with van der Waals surface area (Å²) in [5, 5.41) is 0. The maximum absolute atomic E-state index is 5.67. The van der Waals surface area contributed by atoms with Crippen molar-refractivity contribution in [3.63, 3.8) is 0 Å². The third kappa shape index (κ3) is 3.51. The van der Waals surface area contributed by atoms with Crippen molar-refractivity contribution in [3.8, 4) is 0 Å². The highest BCUT2D eigenvalue weighted by molar-refractivity contribution is 6.65. The Bertz CT molecular complexity index is 407. The van der Waals surface area contributed by atoms with Gasteiger partial charge in [-0.1, -0.05) is 30.3 Å². The van der Waals surface area contributed by atoms with E-state index in [4.69, 9.17) is 8.85 Å². The molecule has 1 aliphatic rings. The quantitative estimate of drug-likeness (QED) is 0.590. The number of hydrogen-bond donors (Lipinski definition) is 0. The van der Waals surface area contributed by atoms with Crippen LogP contribution in [0.25, 0.3) is 0 Å². The first kappa shape index (κ1) is 14.4. The first-order chi connectivity index (χ1) is 9.30. The molecule has 0 saturated carbocycles. The lowest BCUT2D eigenvalue weighted by Gasteiger charge is -2.31. The molecule has 1 heterocycles. The molecule has 0 radical (unpaired) electrons. The molecule has 0 spiro atoms. The van der Waals surface area contributed by atoms with Crippen LogP contribution < -0.4 is 0 Å². The van der Waals surface area contributed by atoms with Gasteiger partial charge in [0.2, 0.25) is 0 Å². The molecule has 0 bridgehead atoms. The average Bonchev–Trinajstić information content (AvgIpc) is 2.88. The molecule has 1 aromatic carbocycles. The van der Waals surface area contributed by atoms with E-state index in [9.17, 15) is 0 Å². The summed E-state index contributed by atoms with van der Waals surface area (Å²) in [7, 11) is 1.45. The van der Waals surface area contributed by atoms with Crippen molar-refractivity contribution in [2.45, 2.75) is 12.5 Å². The topological polar surface area (TPSA) is 34.1 Å². The standard InChI is InChI=1S/C14H22N2O2Si/c1-17-19(18-2)12-6-10-16(19)11-9-15-13-14-7-4-3-5-8-14/h3-5,7-8,13H,6,9-12H2,1-2H3. The molecule has 5 heteroatoms. The minimum Gasteiger partial charge on any atom is -0.386 e. The molecule has 0 N–H and O–H groups in total. The van der Waals surface area contributed by atoms with Crippen LogP contribution in [-0.2, 0) is 8.85 Å². The molecule has 104 valence electrons. The lowest BCUT2D eigenvalue weighted by molar-refractivity contribution is 0.184. The third-order valence-electron chi connectivity index (χ3n) is 3.58. The van der Waals surface area contributed by atoms with E-state index in [0.717, 1.165) is 37.7 Å². The fraction of sp³-hybridized carbons (Fsp3) is 0.500. The highest BCUT2D eigenvalue weighted by Crippen LogP contribution is 2.26. The van der Waals surface area contributed by atoms with Crippen LogP contribution in [0.2, 0.25) is 6.04 Å². The van der Waals surface area contributed by atoms with Crippen LogP contribution in [0.3, 0.4) is 0 Å². The maximum atomic E-state index is 5.67. The first-order valence-electron chi connectivity index (χ1n) is 6.71. The molecular weight excluding hydrogens is 256 g/mol. The Morgan fingerprint density at radius 3 is 2.68 bits per heavy atom. The Morgan fingerprint density at radius 1 is 1.26 bits per heavy atom. The fourth-order valence-corrected chi connectivity index (χ4v) is 5.49. The predicted octanol–water partition coefficient (Wildman–Crippen LogP) is 2.04. The zero-order valence-electron chi connectivity index (χ0n) is 11.7. The van der Waals surface area contributed by atoms with Gasteiger partial charge in [0.1, 0.15) is 0 Å². The number of rotatable bonds is 6. The summed E-state index contributed by atoms with van der Waals surface area (Å²) in [5.74, 6) is 0. The number of benzene rings is 1. The Morgan fingerprint density at radius 2 is 2.00 bits per heavy atom. The van der Waals surface area contributed by atoms with Crippen LogP contribution in [0.1, 0.15) is 12.0 Å². The fourth-order valence-electron chi connectivity index (χ4n) is 2.54. The largest absolute Gasteiger partial charge is 0.427 e. The Kier molecular flexibility index (Phi) is 5.27. The number of nitrogens with zero attached hydrogens (tertiary/aromatic N) is 2. The molecule has 19 heavy (non-hydrogen) atoms. The van der Waals surface area contributed by atoms with Gasteiger partial charge in [-0.25, -0.2) is 0 Å². The highest BCUT2D eigenvalue weighted by Gasteiger charge is 2.46. The van der Waals surface area contributed by atoms with E-state index in [2.05, 4.69) is 21.7 Å². The average molecular weight is 278 g/mol. The Balaban J connectivity index is 1.84. The minimum absolute atomic E-state index is 0.788. The Labute approximate surface area is 116 Å². The summed E-state index contributed by atoms with van der Waals surface area (Å²) in [5.41, 5.74) is 1.14. The normalized spacial score (nSPS) is 19.3. The summed E-state index contributed by atoms with van der Waals surface area (Å²) >= 11 is 0. The molecule has 0 atom stereocenters.